The third-order valence-corrected chi connectivity index (χ3v) is 6.64. The fourth-order valence-corrected chi connectivity index (χ4v) is 5.07. The topological polar surface area (TPSA) is 56.8 Å². The largest absolute Gasteiger partial charge is 0.312 e. The minimum Gasteiger partial charge on any atom is -0.312 e. The van der Waals surface area contributed by atoms with Crippen LogP contribution in [-0.4, -0.2) is 55.4 Å². The van der Waals surface area contributed by atoms with E-state index in [1.165, 1.54) is 11.3 Å². The molecule has 1 unspecified atom stereocenters. The van der Waals surface area contributed by atoms with Crippen molar-refractivity contribution >= 4 is 55.8 Å². The van der Waals surface area contributed by atoms with E-state index in [1.54, 1.807) is 15.9 Å². The number of anilines is 2. The van der Waals surface area contributed by atoms with E-state index in [4.69, 9.17) is 16.6 Å². The summed E-state index contributed by atoms with van der Waals surface area (Å²) in [5, 5.41) is 1.31. The van der Waals surface area contributed by atoms with Crippen LogP contribution in [0.5, 0.6) is 0 Å². The number of amides is 2. The number of benzene rings is 2. The van der Waals surface area contributed by atoms with Gasteiger partial charge in [0.25, 0.3) is 0 Å². The lowest BCUT2D eigenvalue weighted by Crippen LogP contribution is -2.39. The first-order chi connectivity index (χ1) is 14.9. The highest BCUT2D eigenvalue weighted by atomic mass is 35.5. The molecule has 8 heteroatoms. The summed E-state index contributed by atoms with van der Waals surface area (Å²) in [6.07, 6.45) is 1.03. The van der Waals surface area contributed by atoms with Gasteiger partial charge in [0.1, 0.15) is 0 Å². The average Bonchev–Trinajstić information content (AvgIpc) is 3.34. The normalized spacial score (nSPS) is 16.5. The molecule has 4 rings (SSSR count). The van der Waals surface area contributed by atoms with Crippen molar-refractivity contribution in [1.82, 2.24) is 9.88 Å². The van der Waals surface area contributed by atoms with Crippen molar-refractivity contribution in [1.29, 1.82) is 0 Å². The van der Waals surface area contributed by atoms with Crippen molar-refractivity contribution in [3.63, 3.8) is 0 Å². The molecule has 3 aromatic rings. The Labute approximate surface area is 191 Å². The number of carbonyl (C=O) groups is 2. The molecule has 1 aromatic heterocycles. The molecule has 0 saturated carbocycles. The second-order valence-corrected chi connectivity index (χ2v) is 9.44. The first-order valence-electron chi connectivity index (χ1n) is 10.3. The fraction of sp³-hybridized carbons (Fsp3) is 0.348. The first kappa shape index (κ1) is 21.7. The van der Waals surface area contributed by atoms with Gasteiger partial charge >= 0.3 is 0 Å². The molecule has 1 saturated heterocycles. The second kappa shape index (κ2) is 9.34. The number of rotatable bonds is 7. The number of thiazole rings is 1. The molecule has 162 valence electrons. The van der Waals surface area contributed by atoms with Crippen molar-refractivity contribution in [3.8, 4) is 0 Å². The molecule has 1 aliphatic rings. The Balaban J connectivity index is 1.58. The van der Waals surface area contributed by atoms with E-state index < -0.39 is 0 Å². The number of halogens is 1. The minimum absolute atomic E-state index is 0.0196. The molecule has 2 heterocycles. The number of aromatic nitrogens is 1. The lowest BCUT2D eigenvalue weighted by atomic mass is 10.1. The molecule has 0 spiro atoms. The third kappa shape index (κ3) is 4.89. The fourth-order valence-electron chi connectivity index (χ4n) is 3.80. The maximum absolute atomic E-state index is 13.6. The Morgan fingerprint density at radius 3 is 2.71 bits per heavy atom. The molecule has 1 atom stereocenters. The standard InChI is InChI=1S/C23H25ClN4O2S/c1-26(2)11-6-12-27(23-25-19-10-9-17(24)14-20(19)31-23)22(30)16-13-21(29)28(15-16)18-7-4-3-5-8-18/h3-5,7-10,14,16H,6,11-13,15H2,1-2H3. The Morgan fingerprint density at radius 1 is 1.19 bits per heavy atom. The van der Waals surface area contributed by atoms with E-state index in [0.29, 0.717) is 23.2 Å². The monoisotopic (exact) mass is 456 g/mol. The van der Waals surface area contributed by atoms with Crippen molar-refractivity contribution in [3.05, 3.63) is 53.6 Å². The lowest BCUT2D eigenvalue weighted by Gasteiger charge is -2.24. The maximum Gasteiger partial charge on any atom is 0.234 e. The van der Waals surface area contributed by atoms with Crippen molar-refractivity contribution in [2.24, 2.45) is 5.92 Å². The van der Waals surface area contributed by atoms with Crippen LogP contribution in [-0.2, 0) is 9.59 Å². The van der Waals surface area contributed by atoms with Crippen LogP contribution in [0.4, 0.5) is 10.8 Å². The zero-order valence-corrected chi connectivity index (χ0v) is 19.2. The predicted molar refractivity (Wildman–Crippen MR) is 127 cm³/mol. The minimum atomic E-state index is -0.386. The summed E-state index contributed by atoms with van der Waals surface area (Å²) < 4.78 is 0.946. The molecular weight excluding hydrogens is 432 g/mol. The van der Waals surface area contributed by atoms with Gasteiger partial charge in [-0.1, -0.05) is 41.1 Å². The summed E-state index contributed by atoms with van der Waals surface area (Å²) in [5.41, 5.74) is 1.65. The van der Waals surface area contributed by atoms with E-state index in [-0.39, 0.29) is 24.2 Å². The summed E-state index contributed by atoms with van der Waals surface area (Å²) in [5.74, 6) is -0.452. The van der Waals surface area contributed by atoms with E-state index in [1.807, 2.05) is 56.6 Å². The summed E-state index contributed by atoms with van der Waals surface area (Å²) in [4.78, 5) is 36.5. The number of fused-ring (bicyclic) bond motifs is 1. The van der Waals surface area contributed by atoms with Gasteiger partial charge in [0.15, 0.2) is 5.13 Å². The van der Waals surface area contributed by atoms with Crippen LogP contribution < -0.4 is 9.80 Å². The second-order valence-electron chi connectivity index (χ2n) is 8.00. The Kier molecular flexibility index (Phi) is 6.55. The van der Waals surface area contributed by atoms with Gasteiger partial charge in [-0.05, 0) is 57.4 Å². The van der Waals surface area contributed by atoms with E-state index >= 15 is 0 Å². The van der Waals surface area contributed by atoms with Crippen LogP contribution in [0.25, 0.3) is 10.2 Å². The van der Waals surface area contributed by atoms with Gasteiger partial charge in [-0.3, -0.25) is 14.5 Å². The zero-order chi connectivity index (χ0) is 22.0. The highest BCUT2D eigenvalue weighted by molar-refractivity contribution is 7.22. The zero-order valence-electron chi connectivity index (χ0n) is 17.6. The Bertz CT molecular complexity index is 1090. The molecule has 0 aliphatic carbocycles. The third-order valence-electron chi connectivity index (χ3n) is 5.37. The van der Waals surface area contributed by atoms with Crippen LogP contribution in [0.3, 0.4) is 0 Å². The molecular formula is C23H25ClN4O2S. The first-order valence-corrected chi connectivity index (χ1v) is 11.5. The SMILES string of the molecule is CN(C)CCCN(C(=O)C1CC(=O)N(c2ccccc2)C1)c1nc2ccc(Cl)cc2s1. The quantitative estimate of drug-likeness (QED) is 0.532. The van der Waals surface area contributed by atoms with Crippen molar-refractivity contribution in [2.75, 3.05) is 43.5 Å². The van der Waals surface area contributed by atoms with Gasteiger partial charge in [-0.15, -0.1) is 0 Å². The predicted octanol–water partition coefficient (Wildman–Crippen LogP) is 4.29. The Morgan fingerprint density at radius 2 is 1.97 bits per heavy atom. The summed E-state index contributed by atoms with van der Waals surface area (Å²) >= 11 is 7.59. The van der Waals surface area contributed by atoms with Gasteiger partial charge < -0.3 is 9.80 Å². The van der Waals surface area contributed by atoms with Crippen LogP contribution >= 0.6 is 22.9 Å². The van der Waals surface area contributed by atoms with Crippen LogP contribution in [0.15, 0.2) is 48.5 Å². The van der Waals surface area contributed by atoms with Crippen LogP contribution in [0.2, 0.25) is 5.02 Å². The van der Waals surface area contributed by atoms with Gasteiger partial charge in [0, 0.05) is 30.2 Å². The Hall–Kier alpha value is -2.48. The summed E-state index contributed by atoms with van der Waals surface area (Å²) in [6, 6.07) is 15.1. The molecule has 2 aromatic carbocycles. The highest BCUT2D eigenvalue weighted by Crippen LogP contribution is 2.33. The number of hydrogen-bond acceptors (Lipinski definition) is 5. The molecule has 31 heavy (non-hydrogen) atoms. The van der Waals surface area contributed by atoms with E-state index in [0.717, 1.165) is 28.9 Å². The summed E-state index contributed by atoms with van der Waals surface area (Å²) in [6.45, 7) is 1.81. The maximum atomic E-state index is 13.6. The van der Waals surface area contributed by atoms with Crippen molar-refractivity contribution < 1.29 is 9.59 Å². The molecule has 1 fully saturated rings. The van der Waals surface area contributed by atoms with Crippen molar-refractivity contribution in [2.45, 2.75) is 12.8 Å². The molecule has 0 radical (unpaired) electrons. The van der Waals surface area contributed by atoms with Gasteiger partial charge in [-0.25, -0.2) is 4.98 Å². The number of carbonyl (C=O) groups excluding carboxylic acids is 2. The van der Waals surface area contributed by atoms with Gasteiger partial charge in [0.05, 0.1) is 16.1 Å². The highest BCUT2D eigenvalue weighted by Gasteiger charge is 2.38. The summed E-state index contributed by atoms with van der Waals surface area (Å²) in [7, 11) is 4.03. The van der Waals surface area contributed by atoms with E-state index in [2.05, 4.69) is 4.90 Å². The van der Waals surface area contributed by atoms with Crippen LogP contribution in [0.1, 0.15) is 12.8 Å². The smallest absolute Gasteiger partial charge is 0.234 e. The number of para-hydroxylation sites is 1. The van der Waals surface area contributed by atoms with Gasteiger partial charge in [-0.2, -0.15) is 0 Å². The van der Waals surface area contributed by atoms with Gasteiger partial charge in [0.2, 0.25) is 11.8 Å². The number of nitrogens with zero attached hydrogens (tertiary/aromatic N) is 4. The molecule has 0 N–H and O–H groups in total. The molecule has 1 aliphatic heterocycles. The lowest BCUT2D eigenvalue weighted by molar-refractivity contribution is -0.124. The number of hydrogen-bond donors (Lipinski definition) is 0. The molecule has 2 amide bonds. The van der Waals surface area contributed by atoms with E-state index in [9.17, 15) is 9.59 Å². The average molecular weight is 457 g/mol. The molecule has 6 nitrogen and oxygen atoms in total. The molecule has 0 bridgehead atoms. The van der Waals surface area contributed by atoms with Crippen LogP contribution in [0, 0.1) is 5.92 Å².